The number of hydrogen-bond donors (Lipinski definition) is 1. The largest absolute Gasteiger partial charge is 0.494 e. The van der Waals surface area contributed by atoms with Crippen molar-refractivity contribution in [3.8, 4) is 17.2 Å². The molecular weight excluding hydrogens is 512 g/mol. The molecule has 3 aromatic carbocycles. The van der Waals surface area contributed by atoms with Gasteiger partial charge in [-0.3, -0.25) is 4.79 Å². The Bertz CT molecular complexity index is 1400. The van der Waals surface area contributed by atoms with Crippen molar-refractivity contribution in [3.63, 3.8) is 0 Å². The molecule has 0 spiro atoms. The van der Waals surface area contributed by atoms with Gasteiger partial charge in [0.2, 0.25) is 0 Å². The molecule has 0 atom stereocenters. The summed E-state index contributed by atoms with van der Waals surface area (Å²) in [7, 11) is 0. The molecule has 7 nitrogen and oxygen atoms in total. The van der Waals surface area contributed by atoms with Crippen LogP contribution in [0.25, 0.3) is 10.1 Å². The summed E-state index contributed by atoms with van der Waals surface area (Å²) in [5.74, 6) is 0.692. The summed E-state index contributed by atoms with van der Waals surface area (Å²) in [6.45, 7) is 2.58. The van der Waals surface area contributed by atoms with Crippen LogP contribution in [-0.4, -0.2) is 31.3 Å². The first kappa shape index (κ1) is 26.2. The highest BCUT2D eigenvalue weighted by Gasteiger charge is 2.19. The Balaban J connectivity index is 1.26. The molecule has 190 valence electrons. The molecule has 0 radical (unpaired) electrons. The zero-order valence-corrected chi connectivity index (χ0v) is 21.7. The lowest BCUT2D eigenvalue weighted by atomic mass is 10.2. The number of nitrogens with one attached hydrogen (secondary N) is 1. The van der Waals surface area contributed by atoms with E-state index in [9.17, 15) is 9.59 Å². The normalized spacial score (nSPS) is 11.0. The van der Waals surface area contributed by atoms with E-state index in [1.807, 2.05) is 24.3 Å². The van der Waals surface area contributed by atoms with Gasteiger partial charge in [-0.15, -0.1) is 11.3 Å². The van der Waals surface area contributed by atoms with E-state index in [0.717, 1.165) is 28.7 Å². The molecule has 0 aliphatic carbocycles. The highest BCUT2D eigenvalue weighted by atomic mass is 35.5. The zero-order chi connectivity index (χ0) is 26.0. The summed E-state index contributed by atoms with van der Waals surface area (Å²) >= 11 is 7.66. The van der Waals surface area contributed by atoms with Crippen LogP contribution in [0.5, 0.6) is 17.2 Å². The topological polar surface area (TPSA) is 86.2 Å². The third-order valence-electron chi connectivity index (χ3n) is 5.15. The van der Waals surface area contributed by atoms with Crippen molar-refractivity contribution >= 4 is 51.1 Å². The van der Waals surface area contributed by atoms with E-state index in [1.165, 1.54) is 17.6 Å². The molecule has 1 amide bonds. The van der Waals surface area contributed by atoms with Gasteiger partial charge in [-0.05, 0) is 54.4 Å². The number of amides is 1. The van der Waals surface area contributed by atoms with E-state index >= 15 is 0 Å². The van der Waals surface area contributed by atoms with E-state index < -0.39 is 11.9 Å². The molecule has 4 rings (SSSR count). The molecule has 0 unspecified atom stereocenters. The molecule has 1 aromatic heterocycles. The van der Waals surface area contributed by atoms with Gasteiger partial charge in [0, 0.05) is 10.1 Å². The SMILES string of the molecule is CCCCOc1ccc(OCC(=O)N/N=C/c2cccc(OC(=O)c3sc4ccccc4c3Cl)c2)cc1. The number of fused-ring (bicyclic) bond motifs is 1. The minimum absolute atomic E-state index is 0.193. The number of benzene rings is 3. The Hall–Kier alpha value is -3.88. The van der Waals surface area contributed by atoms with Crippen LogP contribution in [0.2, 0.25) is 5.02 Å². The van der Waals surface area contributed by atoms with E-state index in [2.05, 4.69) is 17.5 Å². The summed E-state index contributed by atoms with van der Waals surface area (Å²) in [5, 5.41) is 5.14. The number of rotatable bonds is 11. The van der Waals surface area contributed by atoms with Gasteiger partial charge < -0.3 is 14.2 Å². The number of carbonyl (C=O) groups excluding carboxylic acids is 2. The molecule has 9 heteroatoms. The Morgan fingerprint density at radius 3 is 2.49 bits per heavy atom. The number of carbonyl (C=O) groups is 2. The lowest BCUT2D eigenvalue weighted by Gasteiger charge is -2.08. The van der Waals surface area contributed by atoms with Crippen LogP contribution < -0.4 is 19.6 Å². The van der Waals surface area contributed by atoms with Gasteiger partial charge >= 0.3 is 5.97 Å². The summed E-state index contributed by atoms with van der Waals surface area (Å²) in [6, 6.07) is 21.4. The van der Waals surface area contributed by atoms with Crippen molar-refractivity contribution < 1.29 is 23.8 Å². The maximum absolute atomic E-state index is 12.7. The fourth-order valence-electron chi connectivity index (χ4n) is 3.28. The van der Waals surface area contributed by atoms with Crippen LogP contribution in [0.3, 0.4) is 0 Å². The average Bonchev–Trinajstić information content (AvgIpc) is 3.25. The molecule has 0 bridgehead atoms. The number of ether oxygens (including phenoxy) is 3. The molecule has 0 aliphatic heterocycles. The van der Waals surface area contributed by atoms with Gasteiger partial charge in [-0.1, -0.05) is 55.3 Å². The first-order chi connectivity index (χ1) is 18.0. The van der Waals surface area contributed by atoms with Crippen LogP contribution in [0.4, 0.5) is 0 Å². The average molecular weight is 537 g/mol. The summed E-state index contributed by atoms with van der Waals surface area (Å²) in [6.07, 6.45) is 3.51. The smallest absolute Gasteiger partial charge is 0.355 e. The second kappa shape index (κ2) is 12.9. The molecule has 0 saturated carbocycles. The van der Waals surface area contributed by atoms with Crippen molar-refractivity contribution in [1.29, 1.82) is 0 Å². The third-order valence-corrected chi connectivity index (χ3v) is 6.81. The molecule has 37 heavy (non-hydrogen) atoms. The number of unbranched alkanes of at least 4 members (excludes halogenated alkanes) is 1. The molecule has 0 fully saturated rings. The Kier molecular flexibility index (Phi) is 9.13. The van der Waals surface area contributed by atoms with E-state index in [1.54, 1.807) is 48.5 Å². The summed E-state index contributed by atoms with van der Waals surface area (Å²) in [4.78, 5) is 25.1. The minimum atomic E-state index is -0.536. The predicted molar refractivity (Wildman–Crippen MR) is 146 cm³/mol. The fraction of sp³-hybridized carbons (Fsp3) is 0.179. The first-order valence-electron chi connectivity index (χ1n) is 11.7. The van der Waals surface area contributed by atoms with Gasteiger partial charge in [-0.2, -0.15) is 5.10 Å². The molecule has 1 heterocycles. The quantitative estimate of drug-likeness (QED) is 0.0779. The lowest BCUT2D eigenvalue weighted by Crippen LogP contribution is -2.24. The highest BCUT2D eigenvalue weighted by molar-refractivity contribution is 7.21. The zero-order valence-electron chi connectivity index (χ0n) is 20.1. The van der Waals surface area contributed by atoms with Crippen molar-refractivity contribution in [2.45, 2.75) is 19.8 Å². The number of esters is 1. The lowest BCUT2D eigenvalue weighted by molar-refractivity contribution is -0.123. The van der Waals surface area contributed by atoms with E-state index in [0.29, 0.717) is 33.6 Å². The molecule has 0 aliphatic rings. The molecule has 4 aromatic rings. The Morgan fingerprint density at radius 2 is 1.73 bits per heavy atom. The van der Waals surface area contributed by atoms with E-state index in [-0.39, 0.29) is 6.61 Å². The highest BCUT2D eigenvalue weighted by Crippen LogP contribution is 2.35. The number of nitrogens with zero attached hydrogens (tertiary/aromatic N) is 1. The van der Waals surface area contributed by atoms with Crippen LogP contribution >= 0.6 is 22.9 Å². The second-order valence-corrected chi connectivity index (χ2v) is 9.39. The second-order valence-electron chi connectivity index (χ2n) is 7.96. The van der Waals surface area contributed by atoms with Crippen LogP contribution in [0.1, 0.15) is 35.0 Å². The Morgan fingerprint density at radius 1 is 0.973 bits per heavy atom. The number of thiophene rings is 1. The molecule has 1 N–H and O–H groups in total. The third kappa shape index (κ3) is 7.31. The van der Waals surface area contributed by atoms with Gasteiger partial charge in [0.1, 0.15) is 22.1 Å². The van der Waals surface area contributed by atoms with Gasteiger partial charge in [0.05, 0.1) is 17.8 Å². The van der Waals surface area contributed by atoms with Crippen LogP contribution in [0.15, 0.2) is 77.9 Å². The predicted octanol–water partition coefficient (Wildman–Crippen LogP) is 6.48. The fourth-order valence-corrected chi connectivity index (χ4v) is 4.67. The van der Waals surface area contributed by atoms with Crippen molar-refractivity contribution in [2.75, 3.05) is 13.2 Å². The first-order valence-corrected chi connectivity index (χ1v) is 12.9. The number of hydrazone groups is 1. The molecule has 0 saturated heterocycles. The summed E-state index contributed by atoms with van der Waals surface area (Å²) in [5.41, 5.74) is 3.04. The molecular formula is C28H25ClN2O5S. The van der Waals surface area contributed by atoms with Crippen molar-refractivity contribution in [1.82, 2.24) is 5.43 Å². The standard InChI is InChI=1S/C28H25ClN2O5S/c1-2-3-15-34-20-11-13-21(14-12-20)35-18-25(32)31-30-17-19-7-6-8-22(16-19)36-28(33)27-26(29)23-9-4-5-10-24(23)37-27/h4-14,16-17H,2-3,15,18H2,1H3,(H,31,32)/b30-17+. The monoisotopic (exact) mass is 536 g/mol. The number of halogens is 1. The summed E-state index contributed by atoms with van der Waals surface area (Å²) < 4.78 is 17.5. The van der Waals surface area contributed by atoms with Crippen molar-refractivity contribution in [3.05, 3.63) is 88.3 Å². The maximum atomic E-state index is 12.7. The van der Waals surface area contributed by atoms with Gasteiger partial charge in [0.15, 0.2) is 6.61 Å². The van der Waals surface area contributed by atoms with Gasteiger partial charge in [0.25, 0.3) is 5.91 Å². The minimum Gasteiger partial charge on any atom is -0.494 e. The van der Waals surface area contributed by atoms with Gasteiger partial charge in [-0.25, -0.2) is 10.2 Å². The van der Waals surface area contributed by atoms with Crippen LogP contribution in [0, 0.1) is 0 Å². The number of hydrogen-bond acceptors (Lipinski definition) is 7. The maximum Gasteiger partial charge on any atom is 0.355 e. The van der Waals surface area contributed by atoms with Crippen molar-refractivity contribution in [2.24, 2.45) is 5.10 Å². The Labute approximate surface area is 223 Å². The van der Waals surface area contributed by atoms with E-state index in [4.69, 9.17) is 25.8 Å². The van der Waals surface area contributed by atoms with Crippen LogP contribution in [-0.2, 0) is 4.79 Å².